The van der Waals surface area contributed by atoms with E-state index < -0.39 is 22.0 Å². The first-order valence-electron chi connectivity index (χ1n) is 4.87. The molecule has 2 N–H and O–H groups in total. The molecule has 0 radical (unpaired) electrons. The lowest BCUT2D eigenvalue weighted by Crippen LogP contribution is -2.38. The van der Waals surface area contributed by atoms with Gasteiger partial charge in [-0.1, -0.05) is 5.16 Å². The van der Waals surface area contributed by atoms with Crippen LogP contribution in [-0.4, -0.2) is 47.3 Å². The van der Waals surface area contributed by atoms with Crippen LogP contribution in [0.1, 0.15) is 11.7 Å². The van der Waals surface area contributed by atoms with E-state index in [1.807, 2.05) is 0 Å². The highest BCUT2D eigenvalue weighted by molar-refractivity contribution is 7.91. The van der Waals surface area contributed by atoms with Crippen molar-refractivity contribution in [2.75, 3.05) is 11.5 Å². The third-order valence-electron chi connectivity index (χ3n) is 2.41. The first-order chi connectivity index (χ1) is 7.46. The van der Waals surface area contributed by atoms with Crippen LogP contribution in [0.5, 0.6) is 0 Å². The van der Waals surface area contributed by atoms with E-state index in [-0.39, 0.29) is 18.1 Å². The van der Waals surface area contributed by atoms with Crippen LogP contribution in [0, 0.1) is 6.92 Å². The summed E-state index contributed by atoms with van der Waals surface area (Å²) in [4.78, 5) is 3.96. The maximum absolute atomic E-state index is 11.2. The molecule has 0 bridgehead atoms. The Morgan fingerprint density at radius 3 is 2.81 bits per heavy atom. The molecule has 0 aliphatic carbocycles. The van der Waals surface area contributed by atoms with Crippen LogP contribution in [0.2, 0.25) is 0 Å². The number of sulfone groups is 1. The molecule has 1 aliphatic rings. The first-order valence-corrected chi connectivity index (χ1v) is 6.69. The Labute approximate surface area is 92.8 Å². The van der Waals surface area contributed by atoms with Gasteiger partial charge in [0.1, 0.15) is 0 Å². The highest BCUT2D eigenvalue weighted by atomic mass is 32.2. The Bertz CT molecular complexity index is 469. The number of hydrogen-bond donors (Lipinski definition) is 2. The molecule has 16 heavy (non-hydrogen) atoms. The van der Waals surface area contributed by atoms with E-state index in [9.17, 15) is 13.5 Å². The number of aromatic nitrogens is 2. The van der Waals surface area contributed by atoms with Crippen molar-refractivity contribution in [3.63, 3.8) is 0 Å². The topological polar surface area (TPSA) is 105 Å². The third kappa shape index (κ3) is 2.57. The minimum absolute atomic E-state index is 0.0506. The number of aliphatic hydroxyl groups excluding tert-OH is 1. The maximum Gasteiger partial charge on any atom is 0.223 e. The lowest BCUT2D eigenvalue weighted by Gasteiger charge is -2.12. The van der Waals surface area contributed by atoms with Crippen molar-refractivity contribution in [2.24, 2.45) is 0 Å². The molecular weight excluding hydrogens is 234 g/mol. The molecule has 7 nitrogen and oxygen atoms in total. The van der Waals surface area contributed by atoms with Gasteiger partial charge in [-0.15, -0.1) is 0 Å². The lowest BCUT2D eigenvalue weighted by atomic mass is 10.2. The Morgan fingerprint density at radius 1 is 1.56 bits per heavy atom. The van der Waals surface area contributed by atoms with Crippen LogP contribution >= 0.6 is 0 Å². The monoisotopic (exact) mass is 247 g/mol. The number of aliphatic hydroxyl groups is 1. The summed E-state index contributed by atoms with van der Waals surface area (Å²) >= 11 is 0. The lowest BCUT2D eigenvalue weighted by molar-refractivity contribution is 0.165. The molecular formula is C8H13N3O4S. The summed E-state index contributed by atoms with van der Waals surface area (Å²) in [5, 5.41) is 16.1. The average molecular weight is 247 g/mol. The zero-order valence-corrected chi connectivity index (χ0v) is 9.57. The molecule has 8 heteroatoms. The van der Waals surface area contributed by atoms with E-state index in [2.05, 4.69) is 15.5 Å². The van der Waals surface area contributed by atoms with Crippen molar-refractivity contribution in [1.82, 2.24) is 15.5 Å². The number of nitrogens with zero attached hydrogens (tertiary/aromatic N) is 2. The molecule has 2 heterocycles. The van der Waals surface area contributed by atoms with Crippen molar-refractivity contribution in [1.29, 1.82) is 0 Å². The van der Waals surface area contributed by atoms with Gasteiger partial charge in [0, 0.05) is 13.0 Å². The highest BCUT2D eigenvalue weighted by Crippen LogP contribution is 2.12. The van der Waals surface area contributed by atoms with Crippen LogP contribution in [0.25, 0.3) is 0 Å². The highest BCUT2D eigenvalue weighted by Gasteiger charge is 2.36. The van der Waals surface area contributed by atoms with Crippen molar-refractivity contribution < 1.29 is 18.0 Å². The average Bonchev–Trinajstić information content (AvgIpc) is 2.67. The summed E-state index contributed by atoms with van der Waals surface area (Å²) in [5.41, 5.74) is 0. The normalized spacial score (nSPS) is 28.4. The predicted octanol–water partition coefficient (Wildman–Crippen LogP) is -1.37. The summed E-state index contributed by atoms with van der Waals surface area (Å²) in [6.07, 6.45) is -0.863. The van der Waals surface area contributed by atoms with Gasteiger partial charge in [-0.2, -0.15) is 4.98 Å². The van der Waals surface area contributed by atoms with Crippen LogP contribution in [-0.2, 0) is 16.4 Å². The molecule has 2 unspecified atom stereocenters. The van der Waals surface area contributed by atoms with Crippen LogP contribution in [0.4, 0.5) is 0 Å². The van der Waals surface area contributed by atoms with Gasteiger partial charge in [-0.05, 0) is 0 Å². The van der Waals surface area contributed by atoms with Gasteiger partial charge in [0.2, 0.25) is 5.89 Å². The molecule has 0 spiro atoms. The van der Waals surface area contributed by atoms with Crippen molar-refractivity contribution in [3.05, 3.63) is 11.7 Å². The first kappa shape index (κ1) is 11.5. The smallest absolute Gasteiger partial charge is 0.223 e. The predicted molar refractivity (Wildman–Crippen MR) is 54.3 cm³/mol. The van der Waals surface area contributed by atoms with Gasteiger partial charge in [0.15, 0.2) is 15.7 Å². The van der Waals surface area contributed by atoms with Gasteiger partial charge in [-0.25, -0.2) is 8.42 Å². The maximum atomic E-state index is 11.2. The van der Waals surface area contributed by atoms with Gasteiger partial charge >= 0.3 is 0 Å². The molecule has 90 valence electrons. The molecule has 1 aromatic heterocycles. The SMILES string of the molecule is Cc1nc(CNC2CS(=O)(=O)CC2O)no1. The zero-order valence-electron chi connectivity index (χ0n) is 8.75. The second kappa shape index (κ2) is 4.11. The van der Waals surface area contributed by atoms with Crippen LogP contribution in [0.15, 0.2) is 4.52 Å². The quantitative estimate of drug-likeness (QED) is 0.678. The van der Waals surface area contributed by atoms with E-state index in [0.29, 0.717) is 11.7 Å². The van der Waals surface area contributed by atoms with Crippen LogP contribution in [0.3, 0.4) is 0 Å². The molecule has 0 saturated carbocycles. The summed E-state index contributed by atoms with van der Waals surface area (Å²) in [6, 6.07) is -0.455. The van der Waals surface area contributed by atoms with E-state index in [1.54, 1.807) is 6.92 Å². The van der Waals surface area contributed by atoms with E-state index >= 15 is 0 Å². The molecule has 0 amide bonds. The third-order valence-corrected chi connectivity index (χ3v) is 4.13. The number of nitrogens with one attached hydrogen (secondary N) is 1. The van der Waals surface area contributed by atoms with E-state index in [4.69, 9.17) is 4.52 Å². The second-order valence-electron chi connectivity index (χ2n) is 3.86. The van der Waals surface area contributed by atoms with Crippen LogP contribution < -0.4 is 5.32 Å². The van der Waals surface area contributed by atoms with Gasteiger partial charge in [0.05, 0.1) is 24.2 Å². The molecule has 1 aliphatic heterocycles. The molecule has 1 fully saturated rings. The number of hydrogen-bond acceptors (Lipinski definition) is 7. The standard InChI is InChI=1S/C8H13N3O4S/c1-5-10-8(11-15-5)2-9-6-3-16(13,14)4-7(6)12/h6-7,9,12H,2-4H2,1H3. The van der Waals surface area contributed by atoms with Gasteiger partial charge in [0.25, 0.3) is 0 Å². The minimum atomic E-state index is -3.12. The summed E-state index contributed by atoms with van der Waals surface area (Å²) in [6.45, 7) is 1.96. The molecule has 1 aromatic rings. The number of aryl methyl sites for hydroxylation is 1. The molecule has 1 saturated heterocycles. The second-order valence-corrected chi connectivity index (χ2v) is 6.02. The minimum Gasteiger partial charge on any atom is -0.390 e. The molecule has 0 aromatic carbocycles. The number of rotatable bonds is 3. The molecule has 2 rings (SSSR count). The Morgan fingerprint density at radius 2 is 2.31 bits per heavy atom. The Kier molecular flexibility index (Phi) is 2.96. The Balaban J connectivity index is 1.92. The Hall–Kier alpha value is -0.990. The fourth-order valence-corrected chi connectivity index (χ4v) is 3.44. The zero-order chi connectivity index (χ0) is 11.8. The van der Waals surface area contributed by atoms with Crippen molar-refractivity contribution in [3.8, 4) is 0 Å². The summed E-state index contributed by atoms with van der Waals surface area (Å²) in [7, 11) is -3.12. The fraction of sp³-hybridized carbons (Fsp3) is 0.750. The fourth-order valence-electron chi connectivity index (χ4n) is 1.66. The van der Waals surface area contributed by atoms with E-state index in [1.165, 1.54) is 0 Å². The largest absolute Gasteiger partial charge is 0.390 e. The van der Waals surface area contributed by atoms with Gasteiger partial charge < -0.3 is 14.9 Å². The summed E-state index contributed by atoms with van der Waals surface area (Å²) < 4.78 is 27.2. The van der Waals surface area contributed by atoms with Crippen molar-refractivity contribution in [2.45, 2.75) is 25.6 Å². The van der Waals surface area contributed by atoms with Crippen molar-refractivity contribution >= 4 is 9.84 Å². The summed E-state index contributed by atoms with van der Waals surface area (Å²) in [5.74, 6) is 0.673. The molecule has 2 atom stereocenters. The van der Waals surface area contributed by atoms with E-state index in [0.717, 1.165) is 0 Å². The van der Waals surface area contributed by atoms with Gasteiger partial charge in [-0.3, -0.25) is 0 Å².